The molecule has 0 saturated carbocycles. The van der Waals surface area contributed by atoms with E-state index in [-0.39, 0.29) is 0 Å². The lowest BCUT2D eigenvalue weighted by molar-refractivity contribution is 1.11. The number of rotatable bonds is 2. The fourth-order valence-corrected chi connectivity index (χ4v) is 0.306. The number of hydrogen-bond donors (Lipinski definition) is 1. The molecule has 2 heteroatoms. The summed E-state index contributed by atoms with van der Waals surface area (Å²) in [6, 6.07) is 0. The Morgan fingerprint density at radius 3 is 2.60 bits per heavy atom. The van der Waals surface area contributed by atoms with Gasteiger partial charge in [-0.3, -0.25) is 0 Å². The molecule has 1 nitrogen and oxygen atoms in total. The molecule has 0 bridgehead atoms. The third kappa shape index (κ3) is 3.92. The van der Waals surface area contributed by atoms with Crippen LogP contribution in [-0.2, 0) is 0 Å². The molecular weight excluding hydrogens is 78.1 g/mol. The molecule has 1 radical (unpaired) electrons. The molecule has 5 heavy (non-hydrogen) atoms. The van der Waals surface area contributed by atoms with Crippen LogP contribution in [0.2, 0.25) is 0 Å². The third-order valence-electron chi connectivity index (χ3n) is 0.289. The van der Waals surface area contributed by atoms with Crippen molar-refractivity contribution in [1.82, 2.24) is 4.98 Å². The van der Waals surface area contributed by atoms with Crippen molar-refractivity contribution in [2.75, 3.05) is 6.54 Å². The maximum Gasteiger partial charge on any atom is 0.0935 e. The van der Waals surface area contributed by atoms with Crippen LogP contribution in [0.5, 0.6) is 0 Å². The Bertz CT molecular complexity index is 28.1. The van der Waals surface area contributed by atoms with Crippen LogP contribution in [0.4, 0.5) is 0 Å². The second kappa shape index (κ2) is 3.92. The predicted molar refractivity (Wildman–Crippen MR) is 26.7 cm³/mol. The van der Waals surface area contributed by atoms with E-state index in [0.717, 1.165) is 6.54 Å². The van der Waals surface area contributed by atoms with Crippen LogP contribution in [0.25, 0.3) is 0 Å². The molecule has 1 N–H and O–H groups in total. The fourth-order valence-electron chi connectivity index (χ4n) is 0.102. The van der Waals surface area contributed by atoms with Gasteiger partial charge in [-0.05, 0) is 0 Å². The van der Waals surface area contributed by atoms with Crippen molar-refractivity contribution in [2.24, 2.45) is 0 Å². The van der Waals surface area contributed by atoms with Gasteiger partial charge in [-0.25, -0.2) is 0 Å². The Labute approximate surface area is 35.6 Å². The molecule has 0 aliphatic carbocycles. The molecule has 0 aliphatic heterocycles. The third-order valence-corrected chi connectivity index (χ3v) is 0.577. The molecule has 0 unspecified atom stereocenters. The summed E-state index contributed by atoms with van der Waals surface area (Å²) in [4.78, 5) is 2.93. The van der Waals surface area contributed by atoms with Crippen LogP contribution < -0.4 is 4.98 Å². The average molecular weight is 86.2 g/mol. The SMILES string of the molecule is C=CCN[SiH2]. The molecule has 0 aromatic heterocycles. The van der Waals surface area contributed by atoms with Gasteiger partial charge in [0.25, 0.3) is 0 Å². The summed E-state index contributed by atoms with van der Waals surface area (Å²) < 4.78 is 0. The first kappa shape index (κ1) is 4.92. The van der Waals surface area contributed by atoms with Crippen molar-refractivity contribution >= 4 is 10.4 Å². The lowest BCUT2D eigenvalue weighted by Gasteiger charge is -1.79. The maximum atomic E-state index is 3.49. The first-order chi connectivity index (χ1) is 2.41. The molecule has 0 atom stereocenters. The maximum absolute atomic E-state index is 3.49. The summed E-state index contributed by atoms with van der Waals surface area (Å²) in [5.74, 6) is 0. The van der Waals surface area contributed by atoms with Gasteiger partial charge in [-0.2, -0.15) is 0 Å². The molecule has 0 rings (SSSR count). The second-order valence-corrected chi connectivity index (χ2v) is 1.24. The van der Waals surface area contributed by atoms with E-state index >= 15 is 0 Å². The molecule has 0 heterocycles. The lowest BCUT2D eigenvalue weighted by Crippen LogP contribution is -2.05. The summed E-state index contributed by atoms with van der Waals surface area (Å²) >= 11 is 0. The van der Waals surface area contributed by atoms with Gasteiger partial charge in [0.2, 0.25) is 0 Å². The van der Waals surface area contributed by atoms with E-state index in [9.17, 15) is 0 Å². The minimum atomic E-state index is 0.915. The van der Waals surface area contributed by atoms with Gasteiger partial charge < -0.3 is 4.98 Å². The molecule has 0 aromatic carbocycles. The highest BCUT2D eigenvalue weighted by molar-refractivity contribution is 6.04. The van der Waals surface area contributed by atoms with E-state index in [1.165, 1.54) is 0 Å². The average Bonchev–Trinajstić information content (AvgIpc) is 1.41. The molecule has 0 fully saturated rings. The Balaban J connectivity index is 2.40. The van der Waals surface area contributed by atoms with Crippen LogP contribution >= 0.6 is 0 Å². The molecular formula is C3H8NSi. The van der Waals surface area contributed by atoms with Crippen LogP contribution in [0.3, 0.4) is 0 Å². The molecule has 0 aliphatic rings. The minimum Gasteiger partial charge on any atom is -0.340 e. The number of nitrogens with one attached hydrogen (secondary N) is 1. The highest BCUT2D eigenvalue weighted by Crippen LogP contribution is 1.47. The zero-order chi connectivity index (χ0) is 4.12. The van der Waals surface area contributed by atoms with Crippen molar-refractivity contribution in [2.45, 2.75) is 0 Å². The lowest BCUT2D eigenvalue weighted by atomic mass is 10.7. The Hall–Kier alpha value is -0.0831. The van der Waals surface area contributed by atoms with Gasteiger partial charge in [0.15, 0.2) is 0 Å². The molecule has 0 spiro atoms. The van der Waals surface area contributed by atoms with Crippen LogP contribution in [0.1, 0.15) is 0 Å². The summed E-state index contributed by atoms with van der Waals surface area (Å²) in [5.41, 5.74) is 0. The smallest absolute Gasteiger partial charge is 0.0935 e. The van der Waals surface area contributed by atoms with Crippen LogP contribution in [0.15, 0.2) is 12.7 Å². The van der Waals surface area contributed by atoms with Gasteiger partial charge in [0.1, 0.15) is 0 Å². The zero-order valence-corrected chi connectivity index (χ0v) is 4.61. The highest BCUT2D eigenvalue weighted by atomic mass is 28.2. The predicted octanol–water partition coefficient (Wildman–Crippen LogP) is -0.690. The van der Waals surface area contributed by atoms with E-state index in [0.29, 0.717) is 0 Å². The van der Waals surface area contributed by atoms with Crippen molar-refractivity contribution in [3.05, 3.63) is 12.7 Å². The van der Waals surface area contributed by atoms with Gasteiger partial charge in [-0.1, -0.05) is 6.08 Å². The first-order valence-corrected chi connectivity index (χ1v) is 2.23. The first-order valence-electron chi connectivity index (χ1n) is 1.52. The van der Waals surface area contributed by atoms with Crippen molar-refractivity contribution in [3.8, 4) is 0 Å². The molecule has 0 amide bonds. The Morgan fingerprint density at radius 1 is 2.00 bits per heavy atom. The van der Waals surface area contributed by atoms with E-state index in [4.69, 9.17) is 0 Å². The van der Waals surface area contributed by atoms with E-state index in [2.05, 4.69) is 11.6 Å². The normalized spacial score (nSPS) is 7.40. The van der Waals surface area contributed by atoms with Crippen LogP contribution in [0, 0.1) is 0 Å². The van der Waals surface area contributed by atoms with Crippen LogP contribution in [-0.4, -0.2) is 16.9 Å². The largest absolute Gasteiger partial charge is 0.340 e. The summed E-state index contributed by atoms with van der Waals surface area (Å²) in [6.45, 7) is 4.41. The van der Waals surface area contributed by atoms with Gasteiger partial charge in [0, 0.05) is 6.54 Å². The standard InChI is InChI=1S/C3H8NSi/c1-2-3-4-5/h2,4H,1,3,5H2. The van der Waals surface area contributed by atoms with Gasteiger partial charge in [0.05, 0.1) is 10.4 Å². The quantitative estimate of drug-likeness (QED) is 0.346. The number of hydrogen-bond acceptors (Lipinski definition) is 1. The topological polar surface area (TPSA) is 12.0 Å². The van der Waals surface area contributed by atoms with E-state index in [1.807, 2.05) is 6.08 Å². The van der Waals surface area contributed by atoms with Gasteiger partial charge >= 0.3 is 0 Å². The summed E-state index contributed by atoms with van der Waals surface area (Å²) in [7, 11) is 1.73. The summed E-state index contributed by atoms with van der Waals surface area (Å²) in [5, 5.41) is 0. The fraction of sp³-hybridized carbons (Fsp3) is 0.333. The van der Waals surface area contributed by atoms with E-state index < -0.39 is 0 Å². The van der Waals surface area contributed by atoms with Crippen molar-refractivity contribution in [1.29, 1.82) is 0 Å². The Kier molecular flexibility index (Phi) is 3.85. The minimum absolute atomic E-state index is 0.915. The van der Waals surface area contributed by atoms with E-state index in [1.54, 1.807) is 10.4 Å². The zero-order valence-electron chi connectivity index (χ0n) is 3.20. The highest BCUT2D eigenvalue weighted by Gasteiger charge is 1.57. The van der Waals surface area contributed by atoms with Gasteiger partial charge in [-0.15, -0.1) is 6.58 Å². The second-order valence-electron chi connectivity index (χ2n) is 0.743. The molecule has 0 saturated heterocycles. The summed E-state index contributed by atoms with van der Waals surface area (Å²) in [6.07, 6.45) is 1.83. The van der Waals surface area contributed by atoms with Crippen molar-refractivity contribution in [3.63, 3.8) is 0 Å². The molecule has 0 aromatic rings. The Morgan fingerprint density at radius 2 is 2.60 bits per heavy atom. The monoisotopic (exact) mass is 86.0 g/mol. The van der Waals surface area contributed by atoms with Crippen molar-refractivity contribution < 1.29 is 0 Å². The molecule has 29 valence electrons.